The van der Waals surface area contributed by atoms with Crippen molar-refractivity contribution in [2.75, 3.05) is 14.1 Å². The number of imide groups is 1. The number of amides is 3. The van der Waals surface area contributed by atoms with Crippen molar-refractivity contribution in [3.8, 4) is 0 Å². The standard InChI is InChI=1S/C9H17N3O2S2/c1-5(2)6(7(13)11-8(10)14)16-9(15)12(3)4/h5-6H,1-4H3,(H3,10,11,13,14)/t6-/m0/s1. The maximum atomic E-state index is 11.6. The van der Waals surface area contributed by atoms with Crippen molar-refractivity contribution in [3.63, 3.8) is 0 Å². The fourth-order valence-electron chi connectivity index (χ4n) is 0.899. The van der Waals surface area contributed by atoms with Gasteiger partial charge in [-0.15, -0.1) is 0 Å². The molecule has 0 saturated carbocycles. The van der Waals surface area contributed by atoms with Crippen LogP contribution in [0.5, 0.6) is 0 Å². The quantitative estimate of drug-likeness (QED) is 0.736. The number of hydrogen-bond acceptors (Lipinski definition) is 4. The van der Waals surface area contributed by atoms with Crippen molar-refractivity contribution in [2.24, 2.45) is 11.7 Å². The first kappa shape index (κ1) is 15.2. The number of carbonyl (C=O) groups excluding carboxylic acids is 2. The summed E-state index contributed by atoms with van der Waals surface area (Å²) in [7, 11) is 3.61. The minimum atomic E-state index is -0.841. The summed E-state index contributed by atoms with van der Waals surface area (Å²) >= 11 is 6.35. The minimum absolute atomic E-state index is 0.0576. The number of thioether (sulfide) groups is 1. The molecule has 0 spiro atoms. The van der Waals surface area contributed by atoms with E-state index in [9.17, 15) is 9.59 Å². The van der Waals surface area contributed by atoms with Crippen LogP contribution < -0.4 is 11.1 Å². The van der Waals surface area contributed by atoms with Crippen molar-refractivity contribution in [1.82, 2.24) is 10.2 Å². The Hall–Kier alpha value is -0.820. The molecule has 0 rings (SSSR count). The van der Waals surface area contributed by atoms with Crippen LogP contribution in [-0.2, 0) is 4.79 Å². The monoisotopic (exact) mass is 263 g/mol. The number of thiocarbonyl (C=S) groups is 1. The number of nitrogens with zero attached hydrogens (tertiary/aromatic N) is 1. The van der Waals surface area contributed by atoms with Gasteiger partial charge in [-0.25, -0.2) is 4.79 Å². The highest BCUT2D eigenvalue weighted by atomic mass is 32.2. The molecule has 0 saturated heterocycles. The Morgan fingerprint density at radius 3 is 2.19 bits per heavy atom. The zero-order valence-corrected chi connectivity index (χ0v) is 11.4. The van der Waals surface area contributed by atoms with Crippen LogP contribution in [0, 0.1) is 5.92 Å². The third-order valence-corrected chi connectivity index (χ3v) is 3.94. The molecule has 1 atom stereocenters. The molecule has 0 aromatic heterocycles. The molecule has 16 heavy (non-hydrogen) atoms. The van der Waals surface area contributed by atoms with Crippen molar-refractivity contribution < 1.29 is 9.59 Å². The number of carbonyl (C=O) groups is 2. The summed E-state index contributed by atoms with van der Waals surface area (Å²) in [5.41, 5.74) is 4.90. The fraction of sp³-hybridized carbons (Fsp3) is 0.667. The average Bonchev–Trinajstić information content (AvgIpc) is 2.11. The van der Waals surface area contributed by atoms with Crippen molar-refractivity contribution in [3.05, 3.63) is 0 Å². The lowest BCUT2D eigenvalue weighted by Crippen LogP contribution is -2.43. The van der Waals surface area contributed by atoms with Crippen molar-refractivity contribution in [1.29, 1.82) is 0 Å². The molecule has 3 amide bonds. The van der Waals surface area contributed by atoms with Gasteiger partial charge in [-0.3, -0.25) is 10.1 Å². The second-order valence-corrected chi connectivity index (χ2v) is 5.57. The first-order valence-corrected chi connectivity index (χ1v) is 6.02. The van der Waals surface area contributed by atoms with Gasteiger partial charge in [-0.2, -0.15) is 0 Å². The van der Waals surface area contributed by atoms with Crippen LogP contribution in [-0.4, -0.2) is 40.5 Å². The van der Waals surface area contributed by atoms with Crippen molar-refractivity contribution in [2.45, 2.75) is 19.1 Å². The Labute approximate surface area is 105 Å². The lowest BCUT2D eigenvalue weighted by atomic mass is 10.1. The number of nitrogens with two attached hydrogens (primary N) is 1. The summed E-state index contributed by atoms with van der Waals surface area (Å²) in [5, 5.41) is 1.65. The maximum absolute atomic E-state index is 11.6. The molecule has 7 heteroatoms. The van der Waals surface area contributed by atoms with Crippen LogP contribution in [0.15, 0.2) is 0 Å². The SMILES string of the molecule is CC(C)[C@H](SC(=S)N(C)C)C(=O)NC(N)=O. The van der Waals surface area contributed by atoms with E-state index in [-0.39, 0.29) is 5.92 Å². The Morgan fingerprint density at radius 2 is 1.88 bits per heavy atom. The Morgan fingerprint density at radius 1 is 1.38 bits per heavy atom. The molecular formula is C9H17N3O2S2. The lowest BCUT2D eigenvalue weighted by Gasteiger charge is -2.21. The summed E-state index contributed by atoms with van der Waals surface area (Å²) in [4.78, 5) is 24.0. The summed E-state index contributed by atoms with van der Waals surface area (Å²) in [6.45, 7) is 3.77. The summed E-state index contributed by atoms with van der Waals surface area (Å²) < 4.78 is 0.596. The smallest absolute Gasteiger partial charge is 0.318 e. The highest BCUT2D eigenvalue weighted by Crippen LogP contribution is 2.22. The van der Waals surface area contributed by atoms with Crippen LogP contribution >= 0.6 is 24.0 Å². The lowest BCUT2D eigenvalue weighted by molar-refractivity contribution is -0.120. The van der Waals surface area contributed by atoms with E-state index >= 15 is 0 Å². The molecule has 0 fully saturated rings. The van der Waals surface area contributed by atoms with Gasteiger partial charge in [0, 0.05) is 14.1 Å². The summed E-state index contributed by atoms with van der Waals surface area (Å²) in [6.07, 6.45) is 0. The number of urea groups is 1. The second-order valence-electron chi connectivity index (χ2n) is 3.80. The van der Waals surface area contributed by atoms with Crippen LogP contribution in [0.2, 0.25) is 0 Å². The Bertz CT molecular complexity index is 292. The molecule has 0 aliphatic heterocycles. The first-order chi connectivity index (χ1) is 7.25. The molecule has 0 aromatic rings. The normalized spacial score (nSPS) is 12.1. The number of primary amides is 1. The van der Waals surface area contributed by atoms with E-state index in [1.165, 1.54) is 11.8 Å². The summed E-state index contributed by atoms with van der Waals surface area (Å²) in [6, 6.07) is -0.841. The topological polar surface area (TPSA) is 75.4 Å². The van der Waals surface area contributed by atoms with Gasteiger partial charge in [0.2, 0.25) is 5.91 Å². The van der Waals surface area contributed by atoms with Gasteiger partial charge in [0.25, 0.3) is 0 Å². The van der Waals surface area contributed by atoms with Crippen molar-refractivity contribution >= 4 is 40.2 Å². The maximum Gasteiger partial charge on any atom is 0.318 e. The third-order valence-electron chi connectivity index (χ3n) is 1.70. The molecule has 92 valence electrons. The average molecular weight is 263 g/mol. The van der Waals surface area contributed by atoms with Crippen LogP contribution in [0.4, 0.5) is 4.79 Å². The van der Waals surface area contributed by atoms with Gasteiger partial charge in [-0.05, 0) is 5.92 Å². The van der Waals surface area contributed by atoms with Gasteiger partial charge in [-0.1, -0.05) is 37.8 Å². The zero-order chi connectivity index (χ0) is 12.9. The van der Waals surface area contributed by atoms with E-state index in [0.29, 0.717) is 4.32 Å². The Kier molecular flexibility index (Phi) is 6.35. The van der Waals surface area contributed by atoms with Crippen LogP contribution in [0.3, 0.4) is 0 Å². The van der Waals surface area contributed by atoms with E-state index < -0.39 is 17.2 Å². The van der Waals surface area contributed by atoms with E-state index in [2.05, 4.69) is 5.32 Å². The van der Waals surface area contributed by atoms with E-state index in [0.717, 1.165) is 0 Å². The highest BCUT2D eigenvalue weighted by molar-refractivity contribution is 8.23. The van der Waals surface area contributed by atoms with Gasteiger partial charge in [0.15, 0.2) is 0 Å². The molecule has 3 N–H and O–H groups in total. The minimum Gasteiger partial charge on any atom is -0.364 e. The predicted octanol–water partition coefficient (Wildman–Crippen LogP) is 0.786. The number of rotatable bonds is 3. The molecule has 0 heterocycles. The molecule has 0 unspecified atom stereocenters. The molecular weight excluding hydrogens is 246 g/mol. The highest BCUT2D eigenvalue weighted by Gasteiger charge is 2.25. The fourth-order valence-corrected chi connectivity index (χ4v) is 2.08. The largest absolute Gasteiger partial charge is 0.364 e. The molecule has 0 radical (unpaired) electrons. The van der Waals surface area contributed by atoms with E-state index in [4.69, 9.17) is 18.0 Å². The van der Waals surface area contributed by atoms with Crippen LogP contribution in [0.1, 0.15) is 13.8 Å². The zero-order valence-electron chi connectivity index (χ0n) is 9.81. The molecule has 0 aliphatic rings. The number of hydrogen-bond donors (Lipinski definition) is 2. The molecule has 0 aliphatic carbocycles. The van der Waals surface area contributed by atoms with Gasteiger partial charge in [0.1, 0.15) is 4.32 Å². The first-order valence-electron chi connectivity index (χ1n) is 4.74. The Balaban J connectivity index is 4.56. The predicted molar refractivity (Wildman–Crippen MR) is 70.2 cm³/mol. The van der Waals surface area contributed by atoms with E-state index in [1.807, 2.05) is 13.8 Å². The second kappa shape index (κ2) is 6.70. The van der Waals surface area contributed by atoms with Gasteiger partial charge in [0.05, 0.1) is 5.25 Å². The third kappa shape index (κ3) is 5.32. The van der Waals surface area contributed by atoms with Gasteiger partial charge >= 0.3 is 6.03 Å². The summed E-state index contributed by atoms with van der Waals surface area (Å²) in [5.74, 6) is -0.348. The molecule has 5 nitrogen and oxygen atoms in total. The van der Waals surface area contributed by atoms with Gasteiger partial charge < -0.3 is 10.6 Å². The number of nitrogens with one attached hydrogen (secondary N) is 1. The van der Waals surface area contributed by atoms with Crippen LogP contribution in [0.25, 0.3) is 0 Å². The molecule has 0 bridgehead atoms. The van der Waals surface area contributed by atoms with E-state index in [1.54, 1.807) is 19.0 Å². The molecule has 0 aromatic carbocycles.